The summed E-state index contributed by atoms with van der Waals surface area (Å²) in [4.78, 5) is 21.7. The van der Waals surface area contributed by atoms with Gasteiger partial charge in [-0.15, -0.1) is 0 Å². The molecule has 5 aromatic rings. The summed E-state index contributed by atoms with van der Waals surface area (Å²) in [6, 6.07) is 12.3. The Balaban J connectivity index is 1.21. The van der Waals surface area contributed by atoms with E-state index in [4.69, 9.17) is 4.98 Å². The molecule has 2 aromatic carbocycles. The van der Waals surface area contributed by atoms with Gasteiger partial charge in [-0.3, -0.25) is 13.9 Å². The Labute approximate surface area is 211 Å². The van der Waals surface area contributed by atoms with E-state index < -0.39 is 17.5 Å². The van der Waals surface area contributed by atoms with Crippen molar-refractivity contribution >= 4 is 23.1 Å². The van der Waals surface area contributed by atoms with Crippen LogP contribution in [0.15, 0.2) is 67.3 Å². The summed E-state index contributed by atoms with van der Waals surface area (Å²) in [5.74, 6) is -1.94. The van der Waals surface area contributed by atoms with E-state index in [1.807, 2.05) is 17.5 Å². The molecule has 2 N–H and O–H groups in total. The molecule has 0 atom stereocenters. The van der Waals surface area contributed by atoms with Crippen molar-refractivity contribution in [2.75, 3.05) is 10.6 Å². The fourth-order valence-corrected chi connectivity index (χ4v) is 4.79. The first-order chi connectivity index (χ1) is 17.9. The molecule has 0 saturated carbocycles. The first-order valence-electron chi connectivity index (χ1n) is 11.9. The standard InChI is InChI=1S/C27H23F2N7O/c1-16-13-36-23(12-30-27(36)26(32-16)33-20-9-17-5-2-3-6-18(17)10-20)19-11-31-35(14-19)15-24(37)34-22-8-4-7-21(28)25(22)29/h2-8,11-14,20H,9-10,15H2,1H3,(H,32,33)(H,34,37). The fraction of sp³-hybridized carbons (Fsp3) is 0.185. The fourth-order valence-electron chi connectivity index (χ4n) is 4.79. The summed E-state index contributed by atoms with van der Waals surface area (Å²) in [5, 5.41) is 10.2. The normalized spacial score (nSPS) is 13.2. The third-order valence-electron chi connectivity index (χ3n) is 6.46. The molecular formula is C27H23F2N7O. The molecule has 3 aromatic heterocycles. The van der Waals surface area contributed by atoms with Crippen LogP contribution in [-0.2, 0) is 24.2 Å². The van der Waals surface area contributed by atoms with E-state index in [0.29, 0.717) is 11.5 Å². The summed E-state index contributed by atoms with van der Waals surface area (Å²) in [6.45, 7) is 1.76. The Morgan fingerprint density at radius 1 is 1.05 bits per heavy atom. The van der Waals surface area contributed by atoms with Crippen LogP contribution in [0.25, 0.3) is 16.9 Å². The molecule has 0 radical (unpaired) electrons. The SMILES string of the molecule is Cc1cn2c(-c3cnn(CC(=O)Nc4cccc(F)c4F)c3)cnc2c(NC2Cc3ccccc3C2)n1. The van der Waals surface area contributed by atoms with E-state index in [2.05, 4.69) is 45.0 Å². The molecule has 1 amide bonds. The number of nitrogens with zero attached hydrogens (tertiary/aromatic N) is 5. The van der Waals surface area contributed by atoms with E-state index in [9.17, 15) is 13.6 Å². The van der Waals surface area contributed by atoms with Gasteiger partial charge in [-0.05, 0) is 43.0 Å². The van der Waals surface area contributed by atoms with E-state index >= 15 is 0 Å². The molecule has 0 saturated heterocycles. The molecule has 186 valence electrons. The van der Waals surface area contributed by atoms with Gasteiger partial charge < -0.3 is 10.6 Å². The highest BCUT2D eigenvalue weighted by Gasteiger charge is 2.23. The predicted molar refractivity (Wildman–Crippen MR) is 135 cm³/mol. The number of hydrogen-bond donors (Lipinski definition) is 2. The smallest absolute Gasteiger partial charge is 0.246 e. The van der Waals surface area contributed by atoms with Crippen LogP contribution in [0.5, 0.6) is 0 Å². The molecule has 1 aliphatic rings. The molecule has 0 unspecified atom stereocenters. The lowest BCUT2D eigenvalue weighted by Crippen LogP contribution is -2.21. The molecule has 0 fully saturated rings. The molecule has 1 aliphatic carbocycles. The van der Waals surface area contributed by atoms with Gasteiger partial charge in [0.05, 0.1) is 29.5 Å². The number of aromatic nitrogens is 5. The van der Waals surface area contributed by atoms with Gasteiger partial charge in [0.15, 0.2) is 23.1 Å². The summed E-state index contributed by atoms with van der Waals surface area (Å²) in [6.07, 6.45) is 8.86. The van der Waals surface area contributed by atoms with Crippen LogP contribution in [0.4, 0.5) is 20.3 Å². The lowest BCUT2D eigenvalue weighted by Gasteiger charge is -2.14. The molecule has 3 heterocycles. The van der Waals surface area contributed by atoms with E-state index in [0.717, 1.165) is 35.9 Å². The summed E-state index contributed by atoms with van der Waals surface area (Å²) < 4.78 is 30.7. The second-order valence-electron chi connectivity index (χ2n) is 9.16. The minimum Gasteiger partial charge on any atom is -0.364 e. The van der Waals surface area contributed by atoms with Crippen LogP contribution in [0.2, 0.25) is 0 Å². The van der Waals surface area contributed by atoms with E-state index in [-0.39, 0.29) is 18.3 Å². The van der Waals surface area contributed by atoms with Crippen molar-refractivity contribution < 1.29 is 13.6 Å². The Kier molecular flexibility index (Phi) is 5.63. The second kappa shape index (κ2) is 9.12. The van der Waals surface area contributed by atoms with Crippen LogP contribution in [0, 0.1) is 18.6 Å². The molecule has 6 rings (SSSR count). The number of imidazole rings is 1. The Morgan fingerprint density at radius 2 is 1.84 bits per heavy atom. The third kappa shape index (κ3) is 4.42. The van der Waals surface area contributed by atoms with Gasteiger partial charge in [-0.25, -0.2) is 18.7 Å². The Morgan fingerprint density at radius 3 is 2.62 bits per heavy atom. The molecule has 10 heteroatoms. The Bertz CT molecular complexity index is 1620. The van der Waals surface area contributed by atoms with Gasteiger partial charge >= 0.3 is 0 Å². The third-order valence-corrected chi connectivity index (χ3v) is 6.46. The lowest BCUT2D eigenvalue weighted by molar-refractivity contribution is -0.116. The molecule has 0 spiro atoms. The highest BCUT2D eigenvalue weighted by molar-refractivity contribution is 5.90. The number of halogens is 2. The lowest BCUT2D eigenvalue weighted by atomic mass is 10.1. The average Bonchev–Trinajstić information content (AvgIpc) is 3.59. The minimum absolute atomic E-state index is 0.164. The number of hydrogen-bond acceptors (Lipinski definition) is 5. The van der Waals surface area contributed by atoms with Crippen LogP contribution >= 0.6 is 0 Å². The number of fused-ring (bicyclic) bond motifs is 2. The summed E-state index contributed by atoms with van der Waals surface area (Å²) in [5.41, 5.74) is 5.56. The zero-order valence-electron chi connectivity index (χ0n) is 19.9. The van der Waals surface area contributed by atoms with Crippen LogP contribution in [-0.4, -0.2) is 36.1 Å². The van der Waals surface area contributed by atoms with Crippen molar-refractivity contribution in [2.45, 2.75) is 32.4 Å². The van der Waals surface area contributed by atoms with Crippen molar-refractivity contribution in [1.82, 2.24) is 24.1 Å². The van der Waals surface area contributed by atoms with Crippen molar-refractivity contribution in [3.8, 4) is 11.3 Å². The first-order valence-corrected chi connectivity index (χ1v) is 11.9. The maximum Gasteiger partial charge on any atom is 0.246 e. The highest BCUT2D eigenvalue weighted by Crippen LogP contribution is 2.28. The van der Waals surface area contributed by atoms with Gasteiger partial charge in [-0.2, -0.15) is 5.10 Å². The Hall–Kier alpha value is -4.60. The quantitative estimate of drug-likeness (QED) is 0.362. The second-order valence-corrected chi connectivity index (χ2v) is 9.16. The zero-order chi connectivity index (χ0) is 25.5. The summed E-state index contributed by atoms with van der Waals surface area (Å²) in [7, 11) is 0. The van der Waals surface area contributed by atoms with Crippen molar-refractivity contribution in [3.63, 3.8) is 0 Å². The number of rotatable bonds is 6. The molecule has 0 aliphatic heterocycles. The monoisotopic (exact) mass is 499 g/mol. The van der Waals surface area contributed by atoms with Gasteiger partial charge in [0.1, 0.15) is 6.54 Å². The van der Waals surface area contributed by atoms with E-state index in [1.165, 1.54) is 27.9 Å². The van der Waals surface area contributed by atoms with Crippen LogP contribution < -0.4 is 10.6 Å². The van der Waals surface area contributed by atoms with Gasteiger partial charge in [-0.1, -0.05) is 30.3 Å². The molecule has 8 nitrogen and oxygen atoms in total. The largest absolute Gasteiger partial charge is 0.364 e. The molecule has 37 heavy (non-hydrogen) atoms. The topological polar surface area (TPSA) is 89.1 Å². The van der Waals surface area contributed by atoms with Crippen LogP contribution in [0.3, 0.4) is 0 Å². The number of aryl methyl sites for hydroxylation is 1. The molecule has 0 bridgehead atoms. The maximum absolute atomic E-state index is 13.9. The predicted octanol–water partition coefficient (Wildman–Crippen LogP) is 4.40. The van der Waals surface area contributed by atoms with Crippen LogP contribution in [0.1, 0.15) is 16.8 Å². The number of carbonyl (C=O) groups excluding carboxylic acids is 1. The number of amides is 1. The number of nitrogens with one attached hydrogen (secondary N) is 2. The highest BCUT2D eigenvalue weighted by atomic mass is 19.2. The minimum atomic E-state index is -1.10. The maximum atomic E-state index is 13.9. The zero-order valence-corrected chi connectivity index (χ0v) is 19.9. The number of anilines is 2. The number of benzene rings is 2. The van der Waals surface area contributed by atoms with Crippen molar-refractivity contribution in [3.05, 3.63) is 95.7 Å². The average molecular weight is 500 g/mol. The van der Waals surface area contributed by atoms with Gasteiger partial charge in [0, 0.05) is 24.0 Å². The number of carbonyl (C=O) groups is 1. The van der Waals surface area contributed by atoms with E-state index in [1.54, 1.807) is 18.6 Å². The first kappa shape index (κ1) is 22.8. The van der Waals surface area contributed by atoms with Crippen molar-refractivity contribution in [1.29, 1.82) is 0 Å². The summed E-state index contributed by atoms with van der Waals surface area (Å²) >= 11 is 0. The van der Waals surface area contributed by atoms with Gasteiger partial charge in [0.2, 0.25) is 5.91 Å². The molecular weight excluding hydrogens is 476 g/mol. The van der Waals surface area contributed by atoms with Gasteiger partial charge in [0.25, 0.3) is 0 Å². The van der Waals surface area contributed by atoms with Crippen molar-refractivity contribution in [2.24, 2.45) is 0 Å².